The van der Waals surface area contributed by atoms with E-state index in [2.05, 4.69) is 15.7 Å². The minimum atomic E-state index is -0.421. The summed E-state index contributed by atoms with van der Waals surface area (Å²) in [5, 5.41) is 9.38. The lowest BCUT2D eigenvalue weighted by Gasteiger charge is -2.08. The highest BCUT2D eigenvalue weighted by atomic mass is 16.2. The van der Waals surface area contributed by atoms with E-state index in [4.69, 9.17) is 0 Å². The molecular weight excluding hydrogens is 296 g/mol. The van der Waals surface area contributed by atoms with Crippen molar-refractivity contribution >= 4 is 23.2 Å². The van der Waals surface area contributed by atoms with Gasteiger partial charge in [-0.15, -0.1) is 0 Å². The van der Waals surface area contributed by atoms with Crippen LogP contribution in [0.25, 0.3) is 0 Å². The number of benzene rings is 1. The van der Waals surface area contributed by atoms with E-state index in [0.717, 1.165) is 6.42 Å². The highest BCUT2D eigenvalue weighted by Crippen LogP contribution is 2.15. The fourth-order valence-electron chi connectivity index (χ4n) is 2.02. The zero-order valence-corrected chi connectivity index (χ0v) is 13.0. The second-order valence-corrected chi connectivity index (χ2v) is 5.00. The van der Waals surface area contributed by atoms with Crippen molar-refractivity contribution < 1.29 is 9.59 Å². The first-order chi connectivity index (χ1) is 11.0. The highest BCUT2D eigenvalue weighted by Gasteiger charge is 2.10. The van der Waals surface area contributed by atoms with Crippen LogP contribution in [0, 0.1) is 0 Å². The van der Waals surface area contributed by atoms with Crippen molar-refractivity contribution in [3.8, 4) is 0 Å². The van der Waals surface area contributed by atoms with Gasteiger partial charge in [0.05, 0.1) is 0 Å². The predicted octanol–water partition coefficient (Wildman–Crippen LogP) is 1.86. The number of carbonyl (C=O) groups is 2. The first-order valence-electron chi connectivity index (χ1n) is 7.26. The summed E-state index contributed by atoms with van der Waals surface area (Å²) in [4.78, 5) is 34.9. The Labute approximate surface area is 133 Å². The number of aryl methyl sites for hydroxylation is 1. The summed E-state index contributed by atoms with van der Waals surface area (Å²) in [6, 6.07) is 9.49. The van der Waals surface area contributed by atoms with E-state index >= 15 is 0 Å². The second-order valence-electron chi connectivity index (χ2n) is 5.00. The Morgan fingerprint density at radius 1 is 1.13 bits per heavy atom. The van der Waals surface area contributed by atoms with Crippen LogP contribution < -0.4 is 16.2 Å². The SMILES string of the molecule is CCCn1nc(C(=O)Nc2cccc(NC(C)=O)c2)ccc1=O. The Balaban J connectivity index is 2.17. The van der Waals surface area contributed by atoms with E-state index in [1.807, 2.05) is 6.92 Å². The molecule has 0 saturated carbocycles. The molecule has 7 nitrogen and oxygen atoms in total. The number of nitrogens with zero attached hydrogens (tertiary/aromatic N) is 2. The molecule has 7 heteroatoms. The average Bonchev–Trinajstić information content (AvgIpc) is 2.49. The van der Waals surface area contributed by atoms with Gasteiger partial charge in [0.25, 0.3) is 11.5 Å². The van der Waals surface area contributed by atoms with E-state index < -0.39 is 5.91 Å². The molecule has 0 bridgehead atoms. The normalized spacial score (nSPS) is 10.2. The first kappa shape index (κ1) is 16.4. The number of aromatic nitrogens is 2. The van der Waals surface area contributed by atoms with Crippen molar-refractivity contribution in [2.24, 2.45) is 0 Å². The Bertz CT molecular complexity index is 783. The summed E-state index contributed by atoms with van der Waals surface area (Å²) >= 11 is 0. The molecule has 0 unspecified atom stereocenters. The van der Waals surface area contributed by atoms with Crippen LogP contribution >= 0.6 is 0 Å². The van der Waals surface area contributed by atoms with Crippen molar-refractivity contribution in [2.75, 3.05) is 10.6 Å². The number of amides is 2. The van der Waals surface area contributed by atoms with Gasteiger partial charge in [-0.05, 0) is 30.7 Å². The average molecular weight is 314 g/mol. The van der Waals surface area contributed by atoms with Crippen LogP contribution in [-0.2, 0) is 11.3 Å². The van der Waals surface area contributed by atoms with E-state index in [1.165, 1.54) is 23.7 Å². The number of carbonyl (C=O) groups excluding carboxylic acids is 2. The lowest BCUT2D eigenvalue weighted by molar-refractivity contribution is -0.114. The van der Waals surface area contributed by atoms with Crippen LogP contribution in [0.1, 0.15) is 30.8 Å². The summed E-state index contributed by atoms with van der Waals surface area (Å²) in [6.07, 6.45) is 0.747. The molecule has 2 rings (SSSR count). The molecule has 120 valence electrons. The van der Waals surface area contributed by atoms with Gasteiger partial charge in [-0.2, -0.15) is 5.10 Å². The van der Waals surface area contributed by atoms with E-state index in [0.29, 0.717) is 17.9 Å². The van der Waals surface area contributed by atoms with Crippen molar-refractivity contribution in [2.45, 2.75) is 26.8 Å². The molecule has 0 radical (unpaired) electrons. The van der Waals surface area contributed by atoms with E-state index in [-0.39, 0.29) is 17.2 Å². The maximum atomic E-state index is 12.2. The van der Waals surface area contributed by atoms with Gasteiger partial charge in [0, 0.05) is 30.9 Å². The number of nitrogens with one attached hydrogen (secondary N) is 2. The number of hydrogen-bond donors (Lipinski definition) is 2. The third-order valence-electron chi connectivity index (χ3n) is 2.98. The van der Waals surface area contributed by atoms with Gasteiger partial charge in [0.15, 0.2) is 0 Å². The molecule has 0 atom stereocenters. The lowest BCUT2D eigenvalue weighted by atomic mass is 10.2. The largest absolute Gasteiger partial charge is 0.326 e. The molecule has 1 aromatic heterocycles. The Morgan fingerprint density at radius 3 is 2.48 bits per heavy atom. The van der Waals surface area contributed by atoms with Crippen LogP contribution in [0.3, 0.4) is 0 Å². The van der Waals surface area contributed by atoms with Crippen LogP contribution in [0.2, 0.25) is 0 Å². The maximum absolute atomic E-state index is 12.2. The Kier molecular flexibility index (Phi) is 5.24. The summed E-state index contributed by atoms with van der Waals surface area (Å²) in [6.45, 7) is 3.79. The molecule has 2 amide bonds. The topological polar surface area (TPSA) is 93.1 Å². The Hall–Kier alpha value is -2.96. The molecule has 1 aromatic carbocycles. The molecule has 2 N–H and O–H groups in total. The van der Waals surface area contributed by atoms with Crippen molar-refractivity contribution in [1.29, 1.82) is 0 Å². The smallest absolute Gasteiger partial charge is 0.276 e. The Morgan fingerprint density at radius 2 is 1.83 bits per heavy atom. The summed E-state index contributed by atoms with van der Waals surface area (Å²) in [7, 11) is 0. The van der Waals surface area contributed by atoms with Crippen molar-refractivity contribution in [3.63, 3.8) is 0 Å². The number of anilines is 2. The van der Waals surface area contributed by atoms with Gasteiger partial charge in [0.1, 0.15) is 5.69 Å². The van der Waals surface area contributed by atoms with E-state index in [9.17, 15) is 14.4 Å². The fraction of sp³-hybridized carbons (Fsp3) is 0.250. The monoisotopic (exact) mass is 314 g/mol. The number of hydrogen-bond acceptors (Lipinski definition) is 4. The fourth-order valence-corrected chi connectivity index (χ4v) is 2.02. The summed E-state index contributed by atoms with van der Waals surface area (Å²) < 4.78 is 1.27. The third kappa shape index (κ3) is 4.50. The molecule has 0 aliphatic carbocycles. The molecule has 23 heavy (non-hydrogen) atoms. The van der Waals surface area contributed by atoms with Crippen molar-refractivity contribution in [3.05, 3.63) is 52.4 Å². The second kappa shape index (κ2) is 7.35. The number of rotatable bonds is 5. The van der Waals surface area contributed by atoms with Gasteiger partial charge in [0.2, 0.25) is 5.91 Å². The van der Waals surface area contributed by atoms with Gasteiger partial charge < -0.3 is 10.6 Å². The highest BCUT2D eigenvalue weighted by molar-refractivity contribution is 6.03. The molecule has 0 aliphatic rings. The predicted molar refractivity (Wildman–Crippen MR) is 87.5 cm³/mol. The van der Waals surface area contributed by atoms with Crippen molar-refractivity contribution in [1.82, 2.24) is 9.78 Å². The third-order valence-corrected chi connectivity index (χ3v) is 2.98. The molecule has 0 saturated heterocycles. The van der Waals surface area contributed by atoms with Gasteiger partial charge >= 0.3 is 0 Å². The first-order valence-corrected chi connectivity index (χ1v) is 7.26. The minimum Gasteiger partial charge on any atom is -0.326 e. The van der Waals surface area contributed by atoms with E-state index in [1.54, 1.807) is 24.3 Å². The summed E-state index contributed by atoms with van der Waals surface area (Å²) in [5.74, 6) is -0.614. The van der Waals surface area contributed by atoms with Gasteiger partial charge in [-0.1, -0.05) is 13.0 Å². The zero-order chi connectivity index (χ0) is 16.8. The van der Waals surface area contributed by atoms with Gasteiger partial charge in [-0.3, -0.25) is 14.4 Å². The zero-order valence-electron chi connectivity index (χ0n) is 13.0. The molecule has 0 aliphatic heterocycles. The van der Waals surface area contributed by atoms with Crippen LogP contribution in [-0.4, -0.2) is 21.6 Å². The molecule has 0 fully saturated rings. The maximum Gasteiger partial charge on any atom is 0.276 e. The molecule has 2 aromatic rings. The quantitative estimate of drug-likeness (QED) is 0.881. The van der Waals surface area contributed by atoms with Crippen LogP contribution in [0.5, 0.6) is 0 Å². The lowest BCUT2D eigenvalue weighted by Crippen LogP contribution is -2.26. The standard InChI is InChI=1S/C16H18N4O3/c1-3-9-20-15(22)8-7-14(19-20)16(23)18-13-6-4-5-12(10-13)17-11(2)21/h4-8,10H,3,9H2,1-2H3,(H,17,21)(H,18,23). The van der Waals surface area contributed by atoms with Crippen LogP contribution in [0.4, 0.5) is 11.4 Å². The molecule has 0 spiro atoms. The minimum absolute atomic E-state index is 0.156. The van der Waals surface area contributed by atoms with Gasteiger partial charge in [-0.25, -0.2) is 4.68 Å². The molecular formula is C16H18N4O3. The molecule has 1 heterocycles. The van der Waals surface area contributed by atoms with Crippen LogP contribution in [0.15, 0.2) is 41.2 Å². The summed E-state index contributed by atoms with van der Waals surface area (Å²) in [5.41, 5.74) is 1.02.